The van der Waals surface area contributed by atoms with Gasteiger partial charge in [-0.05, 0) is 18.1 Å². The van der Waals surface area contributed by atoms with Gasteiger partial charge in [0.15, 0.2) is 11.6 Å². The van der Waals surface area contributed by atoms with Gasteiger partial charge in [0.05, 0.1) is 5.69 Å². The van der Waals surface area contributed by atoms with E-state index in [-0.39, 0.29) is 11.6 Å². The molecule has 0 bridgehead atoms. The van der Waals surface area contributed by atoms with Crippen LogP contribution < -0.4 is 5.32 Å². The van der Waals surface area contributed by atoms with Crippen molar-refractivity contribution in [3.8, 4) is 0 Å². The van der Waals surface area contributed by atoms with Crippen molar-refractivity contribution in [2.45, 2.75) is 19.8 Å². The fourth-order valence-electron chi connectivity index (χ4n) is 1.71. The molecule has 0 amide bonds. The smallest absolute Gasteiger partial charge is 0.182 e. The monoisotopic (exact) mass is 283 g/mol. The molecule has 2 rings (SSSR count). The van der Waals surface area contributed by atoms with E-state index >= 15 is 0 Å². The van der Waals surface area contributed by atoms with Gasteiger partial charge >= 0.3 is 0 Å². The van der Waals surface area contributed by atoms with Crippen LogP contribution in [0.2, 0.25) is 5.15 Å². The fourth-order valence-corrected chi connectivity index (χ4v) is 2.06. The van der Waals surface area contributed by atoms with Crippen LogP contribution in [0.5, 0.6) is 0 Å². The lowest BCUT2D eigenvalue weighted by atomic mass is 10.1. The van der Waals surface area contributed by atoms with E-state index in [0.29, 0.717) is 16.5 Å². The van der Waals surface area contributed by atoms with Crippen molar-refractivity contribution in [1.82, 2.24) is 9.97 Å². The molecule has 1 N–H and O–H groups in total. The molecule has 1 heterocycles. The minimum Gasteiger partial charge on any atom is -0.337 e. The predicted octanol–water partition coefficient (Wildman–Crippen LogP) is 4.28. The lowest BCUT2D eigenvalue weighted by molar-refractivity contribution is 0.511. The second-order valence-corrected chi connectivity index (χ2v) is 4.67. The van der Waals surface area contributed by atoms with Crippen molar-refractivity contribution in [2.75, 3.05) is 5.32 Å². The minimum atomic E-state index is -0.952. The largest absolute Gasteiger partial charge is 0.337 e. The summed E-state index contributed by atoms with van der Waals surface area (Å²) in [4.78, 5) is 7.92. The molecule has 0 aliphatic carbocycles. The quantitative estimate of drug-likeness (QED) is 0.855. The fraction of sp³-hybridized carbons (Fsp3) is 0.231. The Morgan fingerprint density at radius 2 is 1.95 bits per heavy atom. The van der Waals surface area contributed by atoms with Crippen molar-refractivity contribution < 1.29 is 8.78 Å². The van der Waals surface area contributed by atoms with Gasteiger partial charge in [0.1, 0.15) is 17.3 Å². The standard InChI is InChI=1S/C13H12ClF2N3/c1-7(2)10-12(14)17-6-18-13(10)19-9-5-3-4-8(15)11(9)16/h3-7H,1-2H3,(H,17,18,19). The molecule has 6 heteroatoms. The lowest BCUT2D eigenvalue weighted by Crippen LogP contribution is -2.04. The van der Waals surface area contributed by atoms with E-state index in [1.54, 1.807) is 0 Å². The SMILES string of the molecule is CC(C)c1c(Cl)ncnc1Nc1cccc(F)c1F. The lowest BCUT2D eigenvalue weighted by Gasteiger charge is -2.14. The van der Waals surface area contributed by atoms with E-state index in [0.717, 1.165) is 6.07 Å². The Morgan fingerprint density at radius 1 is 1.21 bits per heavy atom. The molecule has 19 heavy (non-hydrogen) atoms. The zero-order valence-corrected chi connectivity index (χ0v) is 11.2. The van der Waals surface area contributed by atoms with E-state index in [1.807, 2.05) is 13.8 Å². The van der Waals surface area contributed by atoms with Crippen molar-refractivity contribution in [3.63, 3.8) is 0 Å². The maximum absolute atomic E-state index is 13.6. The molecular formula is C13H12ClF2N3. The summed E-state index contributed by atoms with van der Waals surface area (Å²) in [6.45, 7) is 3.83. The summed E-state index contributed by atoms with van der Waals surface area (Å²) in [5, 5.41) is 3.05. The third-order valence-electron chi connectivity index (χ3n) is 2.62. The van der Waals surface area contributed by atoms with Gasteiger partial charge in [0.25, 0.3) is 0 Å². The average molecular weight is 284 g/mol. The Hall–Kier alpha value is -1.75. The van der Waals surface area contributed by atoms with Crippen LogP contribution in [0.25, 0.3) is 0 Å². The van der Waals surface area contributed by atoms with E-state index in [4.69, 9.17) is 11.6 Å². The first-order chi connectivity index (χ1) is 9.00. The molecule has 0 fully saturated rings. The highest BCUT2D eigenvalue weighted by molar-refractivity contribution is 6.30. The summed E-state index contributed by atoms with van der Waals surface area (Å²) >= 11 is 6.00. The van der Waals surface area contributed by atoms with E-state index < -0.39 is 11.6 Å². The molecule has 1 aromatic heterocycles. The third kappa shape index (κ3) is 2.81. The van der Waals surface area contributed by atoms with Crippen molar-refractivity contribution in [1.29, 1.82) is 0 Å². The summed E-state index contributed by atoms with van der Waals surface area (Å²) in [5.74, 6) is -1.45. The van der Waals surface area contributed by atoms with Gasteiger partial charge < -0.3 is 5.32 Å². The molecule has 0 aliphatic rings. The number of aromatic nitrogens is 2. The zero-order chi connectivity index (χ0) is 14.0. The Kier molecular flexibility index (Phi) is 3.95. The van der Waals surface area contributed by atoms with Crippen LogP contribution >= 0.6 is 11.6 Å². The van der Waals surface area contributed by atoms with Gasteiger partial charge in [-0.3, -0.25) is 0 Å². The van der Waals surface area contributed by atoms with Gasteiger partial charge in [-0.1, -0.05) is 31.5 Å². The zero-order valence-electron chi connectivity index (χ0n) is 10.4. The molecule has 1 aromatic carbocycles. The van der Waals surface area contributed by atoms with E-state index in [9.17, 15) is 8.78 Å². The third-order valence-corrected chi connectivity index (χ3v) is 2.92. The topological polar surface area (TPSA) is 37.8 Å². The van der Waals surface area contributed by atoms with Gasteiger partial charge in [-0.2, -0.15) is 0 Å². The molecule has 0 atom stereocenters. The molecule has 0 saturated carbocycles. The molecule has 0 radical (unpaired) electrons. The summed E-state index contributed by atoms with van der Waals surface area (Å²) < 4.78 is 26.8. The van der Waals surface area contributed by atoms with Crippen LogP contribution in [0, 0.1) is 11.6 Å². The number of halogens is 3. The summed E-state index contributed by atoms with van der Waals surface area (Å²) in [6, 6.07) is 3.90. The van der Waals surface area contributed by atoms with Crippen LogP contribution in [0.3, 0.4) is 0 Å². The van der Waals surface area contributed by atoms with Crippen LogP contribution in [0.15, 0.2) is 24.5 Å². The first kappa shape index (κ1) is 13.7. The number of hydrogen-bond donors (Lipinski definition) is 1. The van der Waals surface area contributed by atoms with Gasteiger partial charge in [0.2, 0.25) is 0 Å². The molecule has 3 nitrogen and oxygen atoms in total. The predicted molar refractivity (Wildman–Crippen MR) is 70.8 cm³/mol. The van der Waals surface area contributed by atoms with Gasteiger partial charge in [0, 0.05) is 5.56 Å². The van der Waals surface area contributed by atoms with Crippen molar-refractivity contribution in [3.05, 3.63) is 46.9 Å². The normalized spacial score (nSPS) is 10.8. The maximum Gasteiger partial charge on any atom is 0.182 e. The maximum atomic E-state index is 13.6. The number of rotatable bonds is 3. The number of hydrogen-bond acceptors (Lipinski definition) is 3. The summed E-state index contributed by atoms with van der Waals surface area (Å²) in [5.41, 5.74) is 0.671. The van der Waals surface area contributed by atoms with E-state index in [2.05, 4.69) is 15.3 Å². The highest BCUT2D eigenvalue weighted by atomic mass is 35.5. The summed E-state index contributed by atoms with van der Waals surface area (Å²) in [6.07, 6.45) is 1.27. The highest BCUT2D eigenvalue weighted by Gasteiger charge is 2.15. The molecule has 100 valence electrons. The number of nitrogens with one attached hydrogen (secondary N) is 1. The van der Waals surface area contributed by atoms with Crippen LogP contribution in [-0.2, 0) is 0 Å². The number of anilines is 2. The van der Waals surface area contributed by atoms with Crippen molar-refractivity contribution in [2.24, 2.45) is 0 Å². The number of nitrogens with zero attached hydrogens (tertiary/aromatic N) is 2. The first-order valence-corrected chi connectivity index (χ1v) is 6.10. The van der Waals surface area contributed by atoms with Crippen LogP contribution in [-0.4, -0.2) is 9.97 Å². The average Bonchev–Trinajstić information content (AvgIpc) is 2.34. The Bertz CT molecular complexity index is 602. The van der Waals surface area contributed by atoms with Crippen LogP contribution in [0.4, 0.5) is 20.3 Å². The second kappa shape index (κ2) is 5.48. The summed E-state index contributed by atoms with van der Waals surface area (Å²) in [7, 11) is 0. The Morgan fingerprint density at radius 3 is 2.63 bits per heavy atom. The second-order valence-electron chi connectivity index (χ2n) is 4.31. The van der Waals surface area contributed by atoms with Crippen molar-refractivity contribution >= 4 is 23.1 Å². The molecule has 0 aliphatic heterocycles. The number of benzene rings is 1. The molecule has 0 saturated heterocycles. The first-order valence-electron chi connectivity index (χ1n) is 5.72. The molecule has 0 spiro atoms. The van der Waals surface area contributed by atoms with E-state index in [1.165, 1.54) is 18.5 Å². The minimum absolute atomic E-state index is 0.0108. The Labute approximate surface area is 114 Å². The van der Waals surface area contributed by atoms with Crippen LogP contribution in [0.1, 0.15) is 25.3 Å². The van der Waals surface area contributed by atoms with Gasteiger partial charge in [-0.15, -0.1) is 0 Å². The van der Waals surface area contributed by atoms with Gasteiger partial charge in [-0.25, -0.2) is 18.7 Å². The molecule has 2 aromatic rings. The Balaban J connectivity index is 2.44. The molecule has 0 unspecified atom stereocenters. The molecular weight excluding hydrogens is 272 g/mol. The highest BCUT2D eigenvalue weighted by Crippen LogP contribution is 2.30.